The number of nitrogens with zero attached hydrogens (tertiary/aromatic N) is 1. The minimum absolute atomic E-state index is 0.0289. The lowest BCUT2D eigenvalue weighted by Gasteiger charge is -2.38. The third-order valence-corrected chi connectivity index (χ3v) is 3.14. The Labute approximate surface area is 94.8 Å². The van der Waals surface area contributed by atoms with E-state index < -0.39 is 42.8 Å². The molecule has 0 aliphatic carbocycles. The zero-order valence-electron chi connectivity index (χ0n) is 8.64. The summed E-state index contributed by atoms with van der Waals surface area (Å²) in [6.07, 6.45) is -6.26. The first-order chi connectivity index (χ1) is 8.08. The van der Waals surface area contributed by atoms with Crippen LogP contribution in [0.15, 0.2) is 0 Å². The summed E-state index contributed by atoms with van der Waals surface area (Å²) in [4.78, 5) is 23.6. The van der Waals surface area contributed by atoms with Gasteiger partial charge in [-0.15, -0.1) is 0 Å². The number of rotatable bonds is 0. The van der Waals surface area contributed by atoms with Gasteiger partial charge in [-0.1, -0.05) is 0 Å². The molecular weight excluding hydrogens is 238 g/mol. The Hall–Kier alpha value is -1.28. The Balaban J connectivity index is 1.91. The lowest BCUT2D eigenvalue weighted by molar-refractivity contribution is -0.150. The number of carbonyl (C=O) groups is 2. The van der Waals surface area contributed by atoms with Crippen molar-refractivity contribution in [3.05, 3.63) is 0 Å². The monoisotopic (exact) mass is 248 g/mol. The highest BCUT2D eigenvalue weighted by Crippen LogP contribution is 2.33. The molecular formula is C9H10F2N2O4. The topological polar surface area (TPSA) is 67.9 Å². The van der Waals surface area contributed by atoms with Gasteiger partial charge in [0.05, 0.1) is 6.61 Å². The van der Waals surface area contributed by atoms with E-state index in [0.29, 0.717) is 0 Å². The van der Waals surface area contributed by atoms with Gasteiger partial charge < -0.3 is 9.47 Å². The maximum absolute atomic E-state index is 13.6. The molecule has 3 saturated heterocycles. The van der Waals surface area contributed by atoms with Gasteiger partial charge in [0, 0.05) is 6.42 Å². The second kappa shape index (κ2) is 3.61. The van der Waals surface area contributed by atoms with Crippen molar-refractivity contribution < 1.29 is 27.8 Å². The van der Waals surface area contributed by atoms with E-state index in [4.69, 9.17) is 9.47 Å². The highest BCUT2D eigenvalue weighted by molar-refractivity contribution is 5.99. The molecule has 0 aromatic heterocycles. The molecule has 3 aliphatic rings. The zero-order valence-corrected chi connectivity index (χ0v) is 8.64. The Bertz CT molecular complexity index is 380. The van der Waals surface area contributed by atoms with E-state index in [2.05, 4.69) is 0 Å². The number of hydrogen-bond acceptors (Lipinski definition) is 4. The van der Waals surface area contributed by atoms with Crippen LogP contribution in [-0.4, -0.2) is 54.3 Å². The van der Waals surface area contributed by atoms with Crippen LogP contribution in [0.5, 0.6) is 0 Å². The smallest absolute Gasteiger partial charge is 0.328 e. The van der Waals surface area contributed by atoms with E-state index in [9.17, 15) is 18.4 Å². The Kier molecular flexibility index (Phi) is 2.30. The molecule has 5 unspecified atom stereocenters. The Morgan fingerprint density at radius 2 is 2.12 bits per heavy atom. The second-order valence-corrected chi connectivity index (χ2v) is 4.21. The van der Waals surface area contributed by atoms with E-state index in [0.717, 1.165) is 4.90 Å². The number of alkyl halides is 2. The van der Waals surface area contributed by atoms with Crippen molar-refractivity contribution in [2.45, 2.75) is 37.3 Å². The summed E-state index contributed by atoms with van der Waals surface area (Å²) >= 11 is 0. The Morgan fingerprint density at radius 1 is 1.35 bits per heavy atom. The van der Waals surface area contributed by atoms with Gasteiger partial charge in [-0.05, 0) is 0 Å². The number of urea groups is 1. The molecule has 6 nitrogen and oxygen atoms in total. The minimum atomic E-state index is -1.98. The van der Waals surface area contributed by atoms with Crippen molar-refractivity contribution in [2.75, 3.05) is 6.61 Å². The van der Waals surface area contributed by atoms with Crippen molar-refractivity contribution >= 4 is 11.9 Å². The first kappa shape index (κ1) is 10.8. The first-order valence-corrected chi connectivity index (χ1v) is 5.26. The van der Waals surface area contributed by atoms with Crippen LogP contribution >= 0.6 is 0 Å². The van der Waals surface area contributed by atoms with E-state index in [1.165, 1.54) is 0 Å². The molecule has 17 heavy (non-hydrogen) atoms. The lowest BCUT2D eigenvalue weighted by Crippen LogP contribution is -2.64. The van der Waals surface area contributed by atoms with Gasteiger partial charge in [0.15, 0.2) is 6.23 Å². The van der Waals surface area contributed by atoms with Crippen molar-refractivity contribution in [1.29, 1.82) is 0 Å². The van der Waals surface area contributed by atoms with Crippen molar-refractivity contribution in [1.82, 2.24) is 10.2 Å². The van der Waals surface area contributed by atoms with Crippen LogP contribution in [0, 0.1) is 0 Å². The fourth-order valence-electron chi connectivity index (χ4n) is 2.29. The molecule has 3 aliphatic heterocycles. The highest BCUT2D eigenvalue weighted by atomic mass is 19.1. The van der Waals surface area contributed by atoms with Crippen LogP contribution < -0.4 is 5.32 Å². The normalized spacial score (nSPS) is 45.3. The zero-order chi connectivity index (χ0) is 12.2. The number of fused-ring (bicyclic) bond motifs is 4. The standard InChI is InChI=1S/C9H10F2N2O4/c10-3-1-5-13-8(16-2-4(3)17-5)6(11)7(14)12-9(13)15/h3-6,8H,1-2H2,(H,12,14,15). The summed E-state index contributed by atoms with van der Waals surface area (Å²) in [5.41, 5.74) is 0. The van der Waals surface area contributed by atoms with E-state index in [1.807, 2.05) is 5.32 Å². The number of ether oxygens (including phenoxy) is 2. The average molecular weight is 248 g/mol. The quantitative estimate of drug-likeness (QED) is 0.638. The second-order valence-electron chi connectivity index (χ2n) is 4.21. The predicted octanol–water partition coefficient (Wildman–Crippen LogP) is -0.314. The first-order valence-electron chi connectivity index (χ1n) is 5.26. The summed E-state index contributed by atoms with van der Waals surface area (Å²) in [5.74, 6) is -1.04. The molecule has 0 radical (unpaired) electrons. The molecule has 5 atom stereocenters. The van der Waals surface area contributed by atoms with Gasteiger partial charge in [-0.3, -0.25) is 15.0 Å². The molecule has 94 valence electrons. The summed E-state index contributed by atoms with van der Waals surface area (Å²) in [7, 11) is 0. The molecule has 8 heteroatoms. The van der Waals surface area contributed by atoms with Gasteiger partial charge in [-0.25, -0.2) is 13.6 Å². The largest absolute Gasteiger partial charge is 0.352 e. The van der Waals surface area contributed by atoms with Crippen LogP contribution in [0.1, 0.15) is 6.42 Å². The van der Waals surface area contributed by atoms with Crippen LogP contribution in [-0.2, 0) is 14.3 Å². The number of carbonyl (C=O) groups excluding carboxylic acids is 2. The third kappa shape index (κ3) is 1.51. The van der Waals surface area contributed by atoms with E-state index in [-0.39, 0.29) is 13.0 Å². The summed E-state index contributed by atoms with van der Waals surface area (Å²) in [6, 6.07) is -0.811. The highest BCUT2D eigenvalue weighted by Gasteiger charge is 2.52. The van der Waals surface area contributed by atoms with Crippen molar-refractivity contribution in [3.63, 3.8) is 0 Å². The van der Waals surface area contributed by atoms with Crippen LogP contribution in [0.25, 0.3) is 0 Å². The van der Waals surface area contributed by atoms with E-state index >= 15 is 0 Å². The van der Waals surface area contributed by atoms with Gasteiger partial charge in [0.25, 0.3) is 5.91 Å². The third-order valence-electron chi connectivity index (χ3n) is 3.14. The van der Waals surface area contributed by atoms with Crippen LogP contribution in [0.2, 0.25) is 0 Å². The lowest BCUT2D eigenvalue weighted by atomic mass is 10.1. The van der Waals surface area contributed by atoms with Crippen LogP contribution in [0.4, 0.5) is 13.6 Å². The number of halogens is 2. The predicted molar refractivity (Wildman–Crippen MR) is 48.2 cm³/mol. The Morgan fingerprint density at radius 3 is 2.88 bits per heavy atom. The number of hydrogen-bond donors (Lipinski definition) is 1. The molecule has 3 heterocycles. The maximum atomic E-state index is 13.6. The molecule has 0 saturated carbocycles. The molecule has 0 spiro atoms. The fraction of sp³-hybridized carbons (Fsp3) is 0.778. The molecule has 0 aromatic carbocycles. The molecule has 1 N–H and O–H groups in total. The minimum Gasteiger partial charge on any atom is -0.352 e. The summed E-state index contributed by atoms with van der Waals surface area (Å²) < 4.78 is 37.3. The number of amides is 3. The molecule has 3 fully saturated rings. The average Bonchev–Trinajstić information content (AvgIpc) is 2.51. The van der Waals surface area contributed by atoms with Gasteiger partial charge in [-0.2, -0.15) is 0 Å². The van der Waals surface area contributed by atoms with Crippen molar-refractivity contribution in [3.8, 4) is 0 Å². The molecule has 3 rings (SSSR count). The summed E-state index contributed by atoms with van der Waals surface area (Å²) in [6.45, 7) is -0.167. The van der Waals surface area contributed by atoms with E-state index in [1.54, 1.807) is 0 Å². The SMILES string of the molecule is O=C1NC(=O)N2C3CC(F)C(COC2C1F)O3. The molecule has 0 aromatic rings. The van der Waals surface area contributed by atoms with Gasteiger partial charge in [0.1, 0.15) is 18.5 Å². The maximum Gasteiger partial charge on any atom is 0.328 e. The molecule has 3 amide bonds. The van der Waals surface area contributed by atoms with Crippen molar-refractivity contribution in [2.24, 2.45) is 0 Å². The van der Waals surface area contributed by atoms with Gasteiger partial charge >= 0.3 is 6.03 Å². The number of nitrogens with one attached hydrogen (secondary N) is 1. The number of imide groups is 1. The fourth-order valence-corrected chi connectivity index (χ4v) is 2.29. The van der Waals surface area contributed by atoms with Gasteiger partial charge in [0.2, 0.25) is 6.17 Å². The van der Waals surface area contributed by atoms with Crippen LogP contribution in [0.3, 0.4) is 0 Å². The molecule has 2 bridgehead atoms. The summed E-state index contributed by atoms with van der Waals surface area (Å²) in [5, 5.41) is 1.84.